The Morgan fingerprint density at radius 3 is 1.28 bits per heavy atom. The highest BCUT2D eigenvalue weighted by Gasteiger charge is 2.53. The minimum atomic E-state index is -1.98. The monoisotopic (exact) mass is 1120 g/mol. The van der Waals surface area contributed by atoms with Gasteiger partial charge in [0, 0.05) is 6.42 Å². The molecule has 3 aliphatic heterocycles. The van der Waals surface area contributed by atoms with Crippen molar-refractivity contribution in [3.05, 3.63) is 36.5 Å². The number of aliphatic hydroxyl groups is 11. The number of unbranched alkanes of at least 4 members (excludes halogenated alkanes) is 24. The molecule has 0 saturated carbocycles. The molecule has 0 spiro atoms. The molecule has 3 saturated heterocycles. The Morgan fingerprint density at radius 1 is 0.449 bits per heavy atom. The van der Waals surface area contributed by atoms with Crippen LogP contribution in [0, 0.1) is 0 Å². The molecule has 0 aromatic rings. The van der Waals surface area contributed by atoms with E-state index < -0.39 is 124 Å². The van der Waals surface area contributed by atoms with Gasteiger partial charge in [-0.25, -0.2) is 0 Å². The molecule has 0 radical (unpaired) electrons. The summed E-state index contributed by atoms with van der Waals surface area (Å²) in [5.74, 6) is -0.289. The maximum atomic E-state index is 13.3. The molecule has 1 amide bonds. The van der Waals surface area contributed by atoms with Crippen LogP contribution >= 0.6 is 0 Å². The zero-order valence-corrected chi connectivity index (χ0v) is 47.4. The Labute approximate surface area is 466 Å². The van der Waals surface area contributed by atoms with E-state index in [0.717, 1.165) is 44.9 Å². The minimum Gasteiger partial charge on any atom is -0.394 e. The number of carbonyl (C=O) groups is 1. The maximum Gasteiger partial charge on any atom is 0.220 e. The lowest BCUT2D eigenvalue weighted by Crippen LogP contribution is -2.66. The molecule has 0 aromatic heterocycles. The van der Waals surface area contributed by atoms with Crippen molar-refractivity contribution in [3.63, 3.8) is 0 Å². The molecule has 456 valence electrons. The molecule has 17 unspecified atom stereocenters. The highest BCUT2D eigenvalue weighted by atomic mass is 16.8. The summed E-state index contributed by atoms with van der Waals surface area (Å²) in [6, 6.07) is -0.992. The highest BCUT2D eigenvalue weighted by molar-refractivity contribution is 5.76. The maximum absolute atomic E-state index is 13.3. The van der Waals surface area contributed by atoms with Gasteiger partial charge in [-0.1, -0.05) is 185 Å². The average molecular weight is 1120 g/mol. The van der Waals surface area contributed by atoms with Crippen molar-refractivity contribution in [2.45, 2.75) is 304 Å². The van der Waals surface area contributed by atoms with E-state index in [-0.39, 0.29) is 18.9 Å². The summed E-state index contributed by atoms with van der Waals surface area (Å²) in [7, 11) is 0. The third-order valence-electron chi connectivity index (χ3n) is 15.2. The molecule has 3 aliphatic rings. The Hall–Kier alpha value is -1.99. The van der Waals surface area contributed by atoms with Crippen molar-refractivity contribution in [2.75, 3.05) is 26.4 Å². The number of allylic oxidation sites excluding steroid dienone is 5. The SMILES string of the molecule is CCCCCCCCCC/C=C/CC/C=C/CC/C=C/C(O)C(COC1OC(CO)C(OC2OC(CO)C(OC3OC(CO)C(O)C(O)C3O)C(O)C2O)C(O)C1O)NC(=O)CCCCCCCCCCCCCCCCC. The first kappa shape index (κ1) is 70.3. The number of nitrogens with one attached hydrogen (secondary N) is 1. The van der Waals surface area contributed by atoms with Gasteiger partial charge in [0.1, 0.15) is 73.2 Å². The fraction of sp³-hybridized carbons (Fsp3) is 0.881. The normalized spacial score (nSPS) is 30.7. The highest BCUT2D eigenvalue weighted by Crippen LogP contribution is 2.33. The van der Waals surface area contributed by atoms with E-state index in [1.165, 1.54) is 122 Å². The first-order chi connectivity index (χ1) is 37.8. The molecule has 0 aromatic carbocycles. The van der Waals surface area contributed by atoms with Crippen LogP contribution in [0.2, 0.25) is 0 Å². The first-order valence-electron chi connectivity index (χ1n) is 30.2. The molecule has 19 heteroatoms. The second kappa shape index (κ2) is 42.8. The van der Waals surface area contributed by atoms with Crippen molar-refractivity contribution in [1.29, 1.82) is 0 Å². The molecule has 0 bridgehead atoms. The second-order valence-corrected chi connectivity index (χ2v) is 21.8. The van der Waals surface area contributed by atoms with Crippen molar-refractivity contribution < 1.29 is 89.4 Å². The predicted molar refractivity (Wildman–Crippen MR) is 296 cm³/mol. The molecule has 19 nitrogen and oxygen atoms in total. The lowest BCUT2D eigenvalue weighted by atomic mass is 9.96. The zero-order chi connectivity index (χ0) is 56.9. The summed E-state index contributed by atoms with van der Waals surface area (Å²) in [6.45, 7) is 1.69. The van der Waals surface area contributed by atoms with Crippen LogP contribution in [0.4, 0.5) is 0 Å². The van der Waals surface area contributed by atoms with Gasteiger partial charge < -0.3 is 89.9 Å². The van der Waals surface area contributed by atoms with Gasteiger partial charge in [0.15, 0.2) is 18.9 Å². The van der Waals surface area contributed by atoms with Crippen LogP contribution in [-0.4, -0.2) is 193 Å². The number of hydrogen-bond donors (Lipinski definition) is 12. The van der Waals surface area contributed by atoms with Crippen LogP contribution in [0.25, 0.3) is 0 Å². The van der Waals surface area contributed by atoms with Crippen LogP contribution in [0.3, 0.4) is 0 Å². The van der Waals surface area contributed by atoms with Gasteiger partial charge in [0.25, 0.3) is 0 Å². The third-order valence-corrected chi connectivity index (χ3v) is 15.2. The molecule has 3 heterocycles. The van der Waals surface area contributed by atoms with Gasteiger partial charge in [0.05, 0.1) is 38.6 Å². The van der Waals surface area contributed by atoms with E-state index >= 15 is 0 Å². The summed E-state index contributed by atoms with van der Waals surface area (Å²) < 4.78 is 34.2. The summed E-state index contributed by atoms with van der Waals surface area (Å²) in [6.07, 6.45) is 18.4. The fourth-order valence-electron chi connectivity index (χ4n) is 10.2. The summed E-state index contributed by atoms with van der Waals surface area (Å²) in [5.41, 5.74) is 0. The predicted octanol–water partition coefficient (Wildman–Crippen LogP) is 5.32. The molecule has 17 atom stereocenters. The quantitative estimate of drug-likeness (QED) is 0.0271. The number of rotatable bonds is 44. The Kier molecular flexibility index (Phi) is 38.5. The first-order valence-corrected chi connectivity index (χ1v) is 30.2. The van der Waals surface area contributed by atoms with Gasteiger partial charge in [-0.05, 0) is 44.9 Å². The molecule has 78 heavy (non-hydrogen) atoms. The van der Waals surface area contributed by atoms with Crippen molar-refractivity contribution in [1.82, 2.24) is 5.32 Å². The zero-order valence-electron chi connectivity index (χ0n) is 47.4. The number of carbonyl (C=O) groups excluding carboxylic acids is 1. The standard InChI is InChI=1S/C59H107NO18/c1-3-5-7-9-11-13-15-17-19-20-21-23-24-26-28-30-32-34-36-43(64)42(60-47(65)37-35-33-31-29-27-25-22-18-16-14-12-10-8-6-4-2)41-73-57-53(71)50(68)55(45(39-62)75-57)78-59-54(72)51(69)56(46(40-63)76-59)77-58-52(70)49(67)48(66)44(38-61)74-58/h20-21,26,28,34,36,42-46,48-59,61-64,66-72H,3-19,22-25,27,29-33,35,37-41H2,1-2H3,(H,60,65)/b21-20+,28-26+,36-34+. The van der Waals surface area contributed by atoms with E-state index in [4.69, 9.17) is 28.4 Å². The fourth-order valence-corrected chi connectivity index (χ4v) is 10.2. The van der Waals surface area contributed by atoms with Crippen LogP contribution < -0.4 is 5.32 Å². The number of hydrogen-bond acceptors (Lipinski definition) is 18. The van der Waals surface area contributed by atoms with E-state index in [1.807, 2.05) is 6.08 Å². The molecule has 3 fully saturated rings. The average Bonchev–Trinajstić information content (AvgIpc) is 3.47. The lowest BCUT2D eigenvalue weighted by molar-refractivity contribution is -0.379. The van der Waals surface area contributed by atoms with E-state index in [0.29, 0.717) is 12.8 Å². The Bertz CT molecular complexity index is 1570. The van der Waals surface area contributed by atoms with Crippen molar-refractivity contribution in [2.24, 2.45) is 0 Å². The second-order valence-electron chi connectivity index (χ2n) is 21.8. The topological polar surface area (TPSA) is 307 Å². The molecular weight excluding hydrogens is 1010 g/mol. The Balaban J connectivity index is 1.53. The van der Waals surface area contributed by atoms with Crippen LogP contribution in [-0.2, 0) is 33.2 Å². The molecule has 12 N–H and O–H groups in total. The summed E-state index contributed by atoms with van der Waals surface area (Å²) in [4.78, 5) is 13.3. The van der Waals surface area contributed by atoms with Gasteiger partial charge in [-0.3, -0.25) is 4.79 Å². The van der Waals surface area contributed by atoms with Gasteiger partial charge >= 0.3 is 0 Å². The molecular formula is C59H107NO18. The van der Waals surface area contributed by atoms with E-state index in [1.54, 1.807) is 6.08 Å². The molecule has 0 aliphatic carbocycles. The van der Waals surface area contributed by atoms with Crippen molar-refractivity contribution in [3.8, 4) is 0 Å². The van der Waals surface area contributed by atoms with Crippen LogP contribution in [0.1, 0.15) is 200 Å². The van der Waals surface area contributed by atoms with Gasteiger partial charge in [-0.15, -0.1) is 0 Å². The number of ether oxygens (including phenoxy) is 6. The van der Waals surface area contributed by atoms with Gasteiger partial charge in [-0.2, -0.15) is 0 Å². The molecule has 3 rings (SSSR count). The largest absolute Gasteiger partial charge is 0.394 e. The van der Waals surface area contributed by atoms with Crippen molar-refractivity contribution >= 4 is 5.91 Å². The van der Waals surface area contributed by atoms with Gasteiger partial charge in [0.2, 0.25) is 5.91 Å². The van der Waals surface area contributed by atoms with E-state index in [2.05, 4.69) is 43.5 Å². The summed E-state index contributed by atoms with van der Waals surface area (Å²) >= 11 is 0. The number of amides is 1. The van der Waals surface area contributed by atoms with Crippen LogP contribution in [0.15, 0.2) is 36.5 Å². The van der Waals surface area contributed by atoms with Crippen LogP contribution in [0.5, 0.6) is 0 Å². The third kappa shape index (κ3) is 26.5. The number of aliphatic hydroxyl groups excluding tert-OH is 11. The Morgan fingerprint density at radius 2 is 0.821 bits per heavy atom. The lowest BCUT2D eigenvalue weighted by Gasteiger charge is -2.48. The smallest absolute Gasteiger partial charge is 0.220 e. The van der Waals surface area contributed by atoms with E-state index in [9.17, 15) is 61.0 Å². The summed E-state index contributed by atoms with van der Waals surface area (Å²) in [5, 5.41) is 120. The minimum absolute atomic E-state index is 0.235.